The van der Waals surface area contributed by atoms with Gasteiger partial charge in [-0.15, -0.1) is 0 Å². The summed E-state index contributed by atoms with van der Waals surface area (Å²) >= 11 is 5.73. The van der Waals surface area contributed by atoms with Gasteiger partial charge in [0, 0.05) is 5.02 Å². The Hall–Kier alpha value is -1.11. The molecule has 1 rings (SSSR count). The van der Waals surface area contributed by atoms with Crippen LogP contribution in [0.2, 0.25) is 5.02 Å². The van der Waals surface area contributed by atoms with Crippen molar-refractivity contribution in [3.8, 4) is 0 Å². The van der Waals surface area contributed by atoms with Crippen LogP contribution in [0.4, 0.5) is 0 Å². The van der Waals surface area contributed by atoms with E-state index in [2.05, 4.69) is 4.72 Å². The molecule has 19 heavy (non-hydrogen) atoms. The first-order chi connectivity index (χ1) is 8.77. The first kappa shape index (κ1) is 15.9. The van der Waals surface area contributed by atoms with E-state index in [0.717, 1.165) is 0 Å². The predicted octanol–water partition coefficient (Wildman–Crippen LogP) is 2.12. The number of aliphatic carboxylic acids is 1. The quantitative estimate of drug-likeness (QED) is 0.843. The maximum Gasteiger partial charge on any atom is 0.322 e. The number of hydrogen-bond donors (Lipinski definition) is 2. The maximum absolute atomic E-state index is 12.1. The number of carbonyl (C=O) groups is 1. The maximum atomic E-state index is 12.1. The average molecular weight is 306 g/mol. The molecule has 0 fully saturated rings. The molecule has 1 aromatic carbocycles. The molecule has 0 radical (unpaired) electrons. The predicted molar refractivity (Wildman–Crippen MR) is 72.7 cm³/mol. The molecule has 2 atom stereocenters. The molecule has 0 saturated heterocycles. The van der Waals surface area contributed by atoms with Crippen LogP contribution in [-0.2, 0) is 14.8 Å². The van der Waals surface area contributed by atoms with Crippen molar-refractivity contribution in [2.75, 3.05) is 0 Å². The molecule has 0 aliphatic heterocycles. The van der Waals surface area contributed by atoms with E-state index in [4.69, 9.17) is 16.7 Å². The minimum Gasteiger partial charge on any atom is -0.480 e. The summed E-state index contributed by atoms with van der Waals surface area (Å²) in [7, 11) is -3.90. The summed E-state index contributed by atoms with van der Waals surface area (Å²) in [6, 6.07) is 4.53. The van der Waals surface area contributed by atoms with E-state index in [0.29, 0.717) is 6.42 Å². The van der Waals surface area contributed by atoms with Crippen LogP contribution in [0, 0.1) is 5.92 Å². The molecule has 0 aliphatic rings. The van der Waals surface area contributed by atoms with E-state index in [9.17, 15) is 13.2 Å². The van der Waals surface area contributed by atoms with Crippen LogP contribution >= 0.6 is 11.6 Å². The van der Waals surface area contributed by atoms with Crippen LogP contribution in [0.25, 0.3) is 0 Å². The Balaban J connectivity index is 3.04. The van der Waals surface area contributed by atoms with Gasteiger partial charge in [-0.25, -0.2) is 8.42 Å². The topological polar surface area (TPSA) is 83.5 Å². The van der Waals surface area contributed by atoms with Crippen molar-refractivity contribution in [1.29, 1.82) is 0 Å². The van der Waals surface area contributed by atoms with E-state index >= 15 is 0 Å². The second-order valence-electron chi connectivity index (χ2n) is 4.28. The average Bonchev–Trinajstić information content (AvgIpc) is 2.35. The third kappa shape index (κ3) is 4.19. The number of carboxylic acid groups (broad SMARTS) is 1. The highest BCUT2D eigenvalue weighted by Gasteiger charge is 2.29. The van der Waals surface area contributed by atoms with Crippen molar-refractivity contribution in [3.05, 3.63) is 29.3 Å². The highest BCUT2D eigenvalue weighted by atomic mass is 35.5. The number of sulfonamides is 1. The molecule has 2 N–H and O–H groups in total. The Morgan fingerprint density at radius 2 is 2.11 bits per heavy atom. The summed E-state index contributed by atoms with van der Waals surface area (Å²) in [5, 5.41) is 9.36. The summed E-state index contributed by atoms with van der Waals surface area (Å²) < 4.78 is 26.4. The van der Waals surface area contributed by atoms with Crippen LogP contribution in [0.15, 0.2) is 29.2 Å². The summed E-state index contributed by atoms with van der Waals surface area (Å²) in [5.74, 6) is -1.51. The van der Waals surface area contributed by atoms with Gasteiger partial charge in [0.05, 0.1) is 4.90 Å². The molecule has 5 nitrogen and oxygen atoms in total. The lowest BCUT2D eigenvalue weighted by Gasteiger charge is -2.20. The van der Waals surface area contributed by atoms with E-state index in [1.807, 2.05) is 0 Å². The van der Waals surface area contributed by atoms with Gasteiger partial charge < -0.3 is 5.11 Å². The Labute approximate surface area is 117 Å². The molecular formula is C12H16ClNO4S. The zero-order valence-electron chi connectivity index (χ0n) is 10.6. The largest absolute Gasteiger partial charge is 0.480 e. The lowest BCUT2D eigenvalue weighted by atomic mass is 10.0. The zero-order chi connectivity index (χ0) is 14.6. The molecule has 0 amide bonds. The second kappa shape index (κ2) is 6.36. The highest BCUT2D eigenvalue weighted by Crippen LogP contribution is 2.17. The van der Waals surface area contributed by atoms with Crippen molar-refractivity contribution < 1.29 is 18.3 Å². The minimum atomic E-state index is -3.90. The summed E-state index contributed by atoms with van der Waals surface area (Å²) in [6.07, 6.45) is 0.551. The van der Waals surface area contributed by atoms with Crippen molar-refractivity contribution >= 4 is 27.6 Å². The van der Waals surface area contributed by atoms with Crippen LogP contribution in [0.3, 0.4) is 0 Å². The fourth-order valence-corrected chi connectivity index (χ4v) is 3.11. The van der Waals surface area contributed by atoms with E-state index in [1.54, 1.807) is 19.9 Å². The molecule has 0 bridgehead atoms. The lowest BCUT2D eigenvalue weighted by molar-refractivity contribution is -0.140. The van der Waals surface area contributed by atoms with Gasteiger partial charge in [-0.3, -0.25) is 4.79 Å². The van der Waals surface area contributed by atoms with Crippen LogP contribution < -0.4 is 4.72 Å². The molecule has 0 saturated carbocycles. The minimum absolute atomic E-state index is 0.0467. The second-order valence-corrected chi connectivity index (χ2v) is 6.43. The normalized spacial score (nSPS) is 14.9. The molecule has 7 heteroatoms. The van der Waals surface area contributed by atoms with Gasteiger partial charge in [0.15, 0.2) is 0 Å². The Morgan fingerprint density at radius 3 is 2.58 bits per heavy atom. The molecule has 0 heterocycles. The summed E-state index contributed by atoms with van der Waals surface area (Å²) in [5.41, 5.74) is 0. The third-order valence-corrected chi connectivity index (χ3v) is 4.54. The van der Waals surface area contributed by atoms with E-state index in [-0.39, 0.29) is 15.8 Å². The number of halogens is 1. The fourth-order valence-electron chi connectivity index (χ4n) is 1.52. The molecule has 0 aromatic heterocycles. The van der Waals surface area contributed by atoms with E-state index in [1.165, 1.54) is 18.2 Å². The zero-order valence-corrected chi connectivity index (χ0v) is 12.2. The number of benzene rings is 1. The number of nitrogens with one attached hydrogen (secondary N) is 1. The van der Waals surface area contributed by atoms with Crippen LogP contribution in [-0.4, -0.2) is 25.5 Å². The smallest absolute Gasteiger partial charge is 0.322 e. The van der Waals surface area contributed by atoms with Gasteiger partial charge in [0.2, 0.25) is 10.0 Å². The van der Waals surface area contributed by atoms with Crippen molar-refractivity contribution in [2.45, 2.75) is 31.2 Å². The van der Waals surface area contributed by atoms with Gasteiger partial charge in [0.1, 0.15) is 6.04 Å². The number of hydrogen-bond acceptors (Lipinski definition) is 3. The van der Waals surface area contributed by atoms with Gasteiger partial charge in [-0.05, 0) is 24.1 Å². The molecular weight excluding hydrogens is 290 g/mol. The van der Waals surface area contributed by atoms with Crippen molar-refractivity contribution in [2.24, 2.45) is 5.92 Å². The molecule has 106 valence electrons. The van der Waals surface area contributed by atoms with E-state index < -0.39 is 22.0 Å². The van der Waals surface area contributed by atoms with Gasteiger partial charge in [-0.2, -0.15) is 4.72 Å². The summed E-state index contributed by atoms with van der Waals surface area (Å²) in [6.45, 7) is 3.48. The Morgan fingerprint density at radius 1 is 1.47 bits per heavy atom. The lowest BCUT2D eigenvalue weighted by Crippen LogP contribution is -2.44. The fraction of sp³-hybridized carbons (Fsp3) is 0.417. The van der Waals surface area contributed by atoms with Crippen molar-refractivity contribution in [1.82, 2.24) is 4.72 Å². The van der Waals surface area contributed by atoms with Gasteiger partial charge in [-0.1, -0.05) is 37.9 Å². The van der Waals surface area contributed by atoms with Crippen LogP contribution in [0.5, 0.6) is 0 Å². The highest BCUT2D eigenvalue weighted by molar-refractivity contribution is 7.89. The summed E-state index contributed by atoms with van der Waals surface area (Å²) in [4.78, 5) is 11.1. The monoisotopic (exact) mass is 305 g/mol. The SMILES string of the molecule is CCC(C)C(NS(=O)(=O)c1cccc(Cl)c1)C(=O)O. The van der Waals surface area contributed by atoms with Crippen molar-refractivity contribution in [3.63, 3.8) is 0 Å². The first-order valence-corrected chi connectivity index (χ1v) is 7.64. The molecule has 2 unspecified atom stereocenters. The number of rotatable bonds is 6. The van der Waals surface area contributed by atoms with Gasteiger partial charge in [0.25, 0.3) is 0 Å². The molecule has 0 spiro atoms. The van der Waals surface area contributed by atoms with Crippen LogP contribution in [0.1, 0.15) is 20.3 Å². The number of carboxylic acids is 1. The molecule has 0 aliphatic carbocycles. The third-order valence-electron chi connectivity index (χ3n) is 2.87. The Kier molecular flexibility index (Phi) is 5.34. The molecule has 1 aromatic rings. The first-order valence-electron chi connectivity index (χ1n) is 5.78. The Bertz CT molecular complexity index is 559. The standard InChI is InChI=1S/C12H16ClNO4S/c1-3-8(2)11(12(15)16)14-19(17,18)10-6-4-5-9(13)7-10/h4-8,11,14H,3H2,1-2H3,(H,15,16). The van der Waals surface area contributed by atoms with Gasteiger partial charge >= 0.3 is 5.97 Å².